The van der Waals surface area contributed by atoms with Gasteiger partial charge in [-0.15, -0.1) is 0 Å². The van der Waals surface area contributed by atoms with Gasteiger partial charge in [0.25, 0.3) is 0 Å². The fraction of sp³-hybridized carbons (Fsp3) is 0.647. The zero-order valence-electron chi connectivity index (χ0n) is 12.2. The molecule has 0 atom stereocenters. The second-order valence-corrected chi connectivity index (χ2v) is 5.08. The van der Waals surface area contributed by atoms with E-state index >= 15 is 0 Å². The molecule has 0 radical (unpaired) electrons. The minimum atomic E-state index is 1.20. The molecule has 0 spiro atoms. The summed E-state index contributed by atoms with van der Waals surface area (Å²) in [5.74, 6) is 0. The summed E-state index contributed by atoms with van der Waals surface area (Å²) in [6.07, 6.45) is 7.98. The van der Waals surface area contributed by atoms with E-state index in [-0.39, 0.29) is 0 Å². The van der Waals surface area contributed by atoms with E-state index in [0.717, 1.165) is 0 Å². The third-order valence-electron chi connectivity index (χ3n) is 3.56. The van der Waals surface area contributed by atoms with E-state index in [1.165, 1.54) is 63.7 Å². The van der Waals surface area contributed by atoms with Gasteiger partial charge in [0.05, 0.1) is 0 Å². The van der Waals surface area contributed by atoms with Crippen molar-refractivity contribution in [3.8, 4) is 0 Å². The molecule has 1 aromatic carbocycles. The molecule has 0 amide bonds. The first-order valence-electron chi connectivity index (χ1n) is 7.63. The van der Waals surface area contributed by atoms with Gasteiger partial charge in [0.15, 0.2) is 0 Å². The van der Waals surface area contributed by atoms with E-state index in [2.05, 4.69) is 49.1 Å². The topological polar surface area (TPSA) is 3.24 Å². The van der Waals surface area contributed by atoms with E-state index in [4.69, 9.17) is 0 Å². The molecule has 1 rings (SSSR count). The Kier molecular flexibility index (Phi) is 8.58. The summed E-state index contributed by atoms with van der Waals surface area (Å²) in [6.45, 7) is 8.28. The van der Waals surface area contributed by atoms with Crippen LogP contribution in [-0.2, 0) is 6.42 Å². The molecule has 0 unspecified atom stereocenters. The molecule has 102 valence electrons. The standard InChI is InChI=1S/C17H29N/c1-3-5-6-10-15-18(4-2)16-11-14-17-12-8-7-9-13-17/h7-9,12-13H,3-6,10-11,14-16H2,1-2H3. The smallest absolute Gasteiger partial charge is 0.00157 e. The van der Waals surface area contributed by atoms with Crippen LogP contribution in [0.2, 0.25) is 0 Å². The van der Waals surface area contributed by atoms with Crippen molar-refractivity contribution in [1.82, 2.24) is 4.90 Å². The molecule has 0 N–H and O–H groups in total. The zero-order valence-corrected chi connectivity index (χ0v) is 12.2. The Morgan fingerprint density at radius 3 is 2.22 bits per heavy atom. The highest BCUT2D eigenvalue weighted by atomic mass is 15.1. The molecular weight excluding hydrogens is 218 g/mol. The largest absolute Gasteiger partial charge is 0.304 e. The van der Waals surface area contributed by atoms with Gasteiger partial charge < -0.3 is 4.90 Å². The summed E-state index contributed by atoms with van der Waals surface area (Å²) < 4.78 is 0. The Bertz CT molecular complexity index is 281. The van der Waals surface area contributed by atoms with Gasteiger partial charge in [-0.05, 0) is 44.5 Å². The summed E-state index contributed by atoms with van der Waals surface area (Å²) >= 11 is 0. The molecule has 0 bridgehead atoms. The van der Waals surface area contributed by atoms with Crippen LogP contribution in [0, 0.1) is 0 Å². The molecule has 0 saturated heterocycles. The van der Waals surface area contributed by atoms with Crippen molar-refractivity contribution in [2.75, 3.05) is 19.6 Å². The van der Waals surface area contributed by atoms with Crippen LogP contribution in [0.15, 0.2) is 30.3 Å². The lowest BCUT2D eigenvalue weighted by molar-refractivity contribution is 0.277. The number of hydrogen-bond donors (Lipinski definition) is 0. The molecule has 1 aromatic rings. The highest BCUT2D eigenvalue weighted by Gasteiger charge is 2.01. The second-order valence-electron chi connectivity index (χ2n) is 5.08. The van der Waals surface area contributed by atoms with Crippen LogP contribution in [0.5, 0.6) is 0 Å². The fourth-order valence-corrected chi connectivity index (χ4v) is 2.34. The molecule has 0 aliphatic carbocycles. The van der Waals surface area contributed by atoms with Gasteiger partial charge in [-0.2, -0.15) is 0 Å². The molecular formula is C17H29N. The summed E-state index contributed by atoms with van der Waals surface area (Å²) in [6, 6.07) is 10.8. The number of nitrogens with zero attached hydrogens (tertiary/aromatic N) is 1. The molecule has 0 heterocycles. The number of benzene rings is 1. The summed E-state index contributed by atoms with van der Waals surface area (Å²) in [5.41, 5.74) is 1.47. The summed E-state index contributed by atoms with van der Waals surface area (Å²) in [5, 5.41) is 0. The SMILES string of the molecule is CCCCCCN(CC)CCCc1ccccc1. The van der Waals surface area contributed by atoms with E-state index in [1.54, 1.807) is 0 Å². The number of unbranched alkanes of at least 4 members (excludes halogenated alkanes) is 3. The van der Waals surface area contributed by atoms with Gasteiger partial charge in [-0.1, -0.05) is 63.4 Å². The lowest BCUT2D eigenvalue weighted by Gasteiger charge is -2.20. The Hall–Kier alpha value is -0.820. The third-order valence-corrected chi connectivity index (χ3v) is 3.56. The Labute approximate surface area is 113 Å². The normalized spacial score (nSPS) is 11.1. The van der Waals surface area contributed by atoms with Crippen LogP contribution in [0.4, 0.5) is 0 Å². The Balaban J connectivity index is 2.11. The van der Waals surface area contributed by atoms with Gasteiger partial charge in [0.2, 0.25) is 0 Å². The first kappa shape index (κ1) is 15.2. The van der Waals surface area contributed by atoms with Crippen molar-refractivity contribution >= 4 is 0 Å². The molecule has 0 aliphatic rings. The minimum Gasteiger partial charge on any atom is -0.304 e. The van der Waals surface area contributed by atoms with Gasteiger partial charge in [-0.25, -0.2) is 0 Å². The maximum atomic E-state index is 2.60. The maximum Gasteiger partial charge on any atom is -0.00157 e. The van der Waals surface area contributed by atoms with Crippen LogP contribution in [0.25, 0.3) is 0 Å². The van der Waals surface area contributed by atoms with Crippen molar-refractivity contribution in [3.05, 3.63) is 35.9 Å². The quantitative estimate of drug-likeness (QED) is 0.549. The lowest BCUT2D eigenvalue weighted by atomic mass is 10.1. The van der Waals surface area contributed by atoms with E-state index in [0.29, 0.717) is 0 Å². The van der Waals surface area contributed by atoms with Crippen LogP contribution < -0.4 is 0 Å². The van der Waals surface area contributed by atoms with Gasteiger partial charge in [0.1, 0.15) is 0 Å². The molecule has 1 heteroatoms. The van der Waals surface area contributed by atoms with Gasteiger partial charge >= 0.3 is 0 Å². The molecule has 0 fully saturated rings. The fourth-order valence-electron chi connectivity index (χ4n) is 2.34. The van der Waals surface area contributed by atoms with Crippen molar-refractivity contribution in [1.29, 1.82) is 0 Å². The van der Waals surface area contributed by atoms with Crippen molar-refractivity contribution in [2.24, 2.45) is 0 Å². The number of hydrogen-bond acceptors (Lipinski definition) is 1. The van der Waals surface area contributed by atoms with E-state index in [1.807, 2.05) is 0 Å². The monoisotopic (exact) mass is 247 g/mol. The average molecular weight is 247 g/mol. The zero-order chi connectivity index (χ0) is 13.1. The molecule has 1 nitrogen and oxygen atoms in total. The molecule has 0 aliphatic heterocycles. The van der Waals surface area contributed by atoms with Crippen molar-refractivity contribution < 1.29 is 0 Å². The second kappa shape index (κ2) is 10.1. The highest BCUT2D eigenvalue weighted by molar-refractivity contribution is 5.14. The van der Waals surface area contributed by atoms with Crippen LogP contribution in [0.1, 0.15) is 51.5 Å². The predicted molar refractivity (Wildman–Crippen MR) is 81.0 cm³/mol. The summed E-state index contributed by atoms with van der Waals surface area (Å²) in [7, 11) is 0. The summed E-state index contributed by atoms with van der Waals surface area (Å²) in [4.78, 5) is 2.60. The van der Waals surface area contributed by atoms with Crippen molar-refractivity contribution in [2.45, 2.75) is 52.4 Å². The van der Waals surface area contributed by atoms with Gasteiger partial charge in [-0.3, -0.25) is 0 Å². The average Bonchev–Trinajstić information content (AvgIpc) is 2.42. The predicted octanol–water partition coefficient (Wildman–Crippen LogP) is 4.52. The number of aryl methyl sites for hydroxylation is 1. The first-order valence-corrected chi connectivity index (χ1v) is 7.63. The van der Waals surface area contributed by atoms with Gasteiger partial charge in [0, 0.05) is 0 Å². The van der Waals surface area contributed by atoms with E-state index < -0.39 is 0 Å². The van der Waals surface area contributed by atoms with Crippen molar-refractivity contribution in [3.63, 3.8) is 0 Å². The Morgan fingerprint density at radius 1 is 0.833 bits per heavy atom. The third kappa shape index (κ3) is 6.80. The first-order chi connectivity index (χ1) is 8.86. The molecule has 0 saturated carbocycles. The lowest BCUT2D eigenvalue weighted by Crippen LogP contribution is -2.26. The Morgan fingerprint density at radius 2 is 1.56 bits per heavy atom. The maximum absolute atomic E-state index is 2.60. The highest BCUT2D eigenvalue weighted by Crippen LogP contribution is 2.05. The number of rotatable bonds is 10. The van der Waals surface area contributed by atoms with E-state index in [9.17, 15) is 0 Å². The van der Waals surface area contributed by atoms with Crippen LogP contribution in [0.3, 0.4) is 0 Å². The van der Waals surface area contributed by atoms with Crippen LogP contribution in [-0.4, -0.2) is 24.5 Å². The molecule has 18 heavy (non-hydrogen) atoms. The minimum absolute atomic E-state index is 1.20. The molecule has 0 aromatic heterocycles. The van der Waals surface area contributed by atoms with Crippen LogP contribution >= 0.6 is 0 Å².